The van der Waals surface area contributed by atoms with Crippen molar-refractivity contribution in [2.45, 2.75) is 56.7 Å². The minimum Gasteiger partial charge on any atom is -0.364 e. The third-order valence-electron chi connectivity index (χ3n) is 4.94. The summed E-state index contributed by atoms with van der Waals surface area (Å²) in [5.41, 5.74) is 6.81. The maximum absolute atomic E-state index is 12.1. The molecule has 2 atom stereocenters. The summed E-state index contributed by atoms with van der Waals surface area (Å²) >= 11 is 0. The Morgan fingerprint density at radius 3 is 2.48 bits per heavy atom. The Labute approximate surface area is 138 Å². The molecule has 0 aromatic heterocycles. The Morgan fingerprint density at radius 2 is 1.78 bits per heavy atom. The Balaban J connectivity index is 1.42. The fraction of sp³-hybridized carbons (Fsp3) is 0.611. The highest BCUT2D eigenvalue weighted by molar-refractivity contribution is 5.89. The summed E-state index contributed by atoms with van der Waals surface area (Å²) in [6.45, 7) is 1.55. The molecule has 0 spiro atoms. The molecular formula is C18H27N3O2. The molecule has 1 saturated heterocycles. The summed E-state index contributed by atoms with van der Waals surface area (Å²) in [5.74, 6) is -0.272. The molecule has 1 aromatic carbocycles. The van der Waals surface area contributed by atoms with Crippen LogP contribution in [0, 0.1) is 0 Å². The van der Waals surface area contributed by atoms with Crippen molar-refractivity contribution in [3.63, 3.8) is 0 Å². The molecule has 1 aromatic rings. The van der Waals surface area contributed by atoms with E-state index in [0.717, 1.165) is 32.4 Å². The summed E-state index contributed by atoms with van der Waals surface area (Å²) in [4.78, 5) is 17.5. The smallest absolute Gasteiger partial charge is 0.357 e. The minimum atomic E-state index is -0.272. The second-order valence-corrected chi connectivity index (χ2v) is 6.67. The summed E-state index contributed by atoms with van der Waals surface area (Å²) < 4.78 is 0. The Morgan fingerprint density at radius 1 is 1.09 bits per heavy atom. The van der Waals surface area contributed by atoms with Crippen molar-refractivity contribution in [1.82, 2.24) is 10.4 Å². The van der Waals surface area contributed by atoms with Gasteiger partial charge in [0.2, 0.25) is 0 Å². The number of carbonyl (C=O) groups excluding carboxylic acids is 1. The van der Waals surface area contributed by atoms with Gasteiger partial charge in [0, 0.05) is 31.2 Å². The lowest BCUT2D eigenvalue weighted by atomic mass is 9.89. The lowest BCUT2D eigenvalue weighted by Crippen LogP contribution is -2.53. The van der Waals surface area contributed by atoms with Gasteiger partial charge in [-0.3, -0.25) is 0 Å². The van der Waals surface area contributed by atoms with Gasteiger partial charge < -0.3 is 15.9 Å². The molecule has 0 bridgehead atoms. The zero-order valence-corrected chi connectivity index (χ0v) is 13.6. The molecule has 0 amide bonds. The lowest BCUT2D eigenvalue weighted by Gasteiger charge is -2.36. The van der Waals surface area contributed by atoms with Crippen LogP contribution in [0.2, 0.25) is 0 Å². The minimum absolute atomic E-state index is 0.272. The maximum atomic E-state index is 12.1. The molecule has 0 unspecified atom stereocenters. The quantitative estimate of drug-likeness (QED) is 0.890. The fourth-order valence-electron chi connectivity index (χ4n) is 3.53. The van der Waals surface area contributed by atoms with Crippen LogP contribution >= 0.6 is 0 Å². The van der Waals surface area contributed by atoms with E-state index in [1.54, 1.807) is 17.2 Å². The molecule has 3 rings (SSSR count). The number of rotatable bonds is 4. The number of hydrogen-bond acceptors (Lipinski definition) is 5. The van der Waals surface area contributed by atoms with Gasteiger partial charge in [-0.15, -0.1) is 5.06 Å². The number of carbonyl (C=O) groups is 1. The molecule has 3 N–H and O–H groups in total. The number of hydroxylamine groups is 2. The van der Waals surface area contributed by atoms with Crippen molar-refractivity contribution in [3.05, 3.63) is 35.9 Å². The van der Waals surface area contributed by atoms with Gasteiger partial charge >= 0.3 is 5.97 Å². The second kappa shape index (κ2) is 7.90. The molecule has 0 radical (unpaired) electrons. The van der Waals surface area contributed by atoms with E-state index in [-0.39, 0.29) is 12.0 Å². The molecule has 2 fully saturated rings. The normalized spacial score (nSPS) is 26.8. The van der Waals surface area contributed by atoms with Crippen molar-refractivity contribution < 1.29 is 9.63 Å². The van der Waals surface area contributed by atoms with Crippen LogP contribution in [-0.4, -0.2) is 42.2 Å². The number of nitrogens with zero attached hydrogens (tertiary/aromatic N) is 1. The highest BCUT2D eigenvalue weighted by Gasteiger charge is 2.27. The lowest BCUT2D eigenvalue weighted by molar-refractivity contribution is -0.123. The van der Waals surface area contributed by atoms with Crippen molar-refractivity contribution in [1.29, 1.82) is 0 Å². The van der Waals surface area contributed by atoms with Gasteiger partial charge in [0.1, 0.15) is 0 Å². The third-order valence-corrected chi connectivity index (χ3v) is 4.94. The summed E-state index contributed by atoms with van der Waals surface area (Å²) in [7, 11) is 0. The van der Waals surface area contributed by atoms with Gasteiger partial charge in [0.05, 0.1) is 5.56 Å². The number of piperidine rings is 1. The molecule has 1 heterocycles. The van der Waals surface area contributed by atoms with Crippen LogP contribution in [0.25, 0.3) is 0 Å². The van der Waals surface area contributed by atoms with Crippen molar-refractivity contribution in [3.8, 4) is 0 Å². The van der Waals surface area contributed by atoms with Crippen LogP contribution in [-0.2, 0) is 4.84 Å². The average molecular weight is 317 g/mol. The number of nitrogens with one attached hydrogen (secondary N) is 1. The molecule has 1 saturated carbocycles. The number of benzene rings is 1. The predicted molar refractivity (Wildman–Crippen MR) is 89.8 cm³/mol. The van der Waals surface area contributed by atoms with Gasteiger partial charge in [0.25, 0.3) is 0 Å². The fourth-order valence-corrected chi connectivity index (χ4v) is 3.53. The van der Waals surface area contributed by atoms with E-state index >= 15 is 0 Å². The molecule has 5 heteroatoms. The SMILES string of the molecule is N[C@@H]1CCCC[C@@H]1NC1CCN(OC(=O)c2ccccc2)CC1. The van der Waals surface area contributed by atoms with Crippen LogP contribution in [0.4, 0.5) is 0 Å². The van der Waals surface area contributed by atoms with Gasteiger partial charge in [-0.05, 0) is 37.8 Å². The Bertz CT molecular complexity index is 500. The van der Waals surface area contributed by atoms with Gasteiger partial charge in [-0.2, -0.15) is 0 Å². The largest absolute Gasteiger partial charge is 0.364 e. The van der Waals surface area contributed by atoms with Crippen LogP contribution < -0.4 is 11.1 Å². The highest BCUT2D eigenvalue weighted by atomic mass is 16.7. The zero-order chi connectivity index (χ0) is 16.1. The first-order chi connectivity index (χ1) is 11.2. The first-order valence-electron chi connectivity index (χ1n) is 8.76. The molecule has 2 aliphatic rings. The van der Waals surface area contributed by atoms with Crippen molar-refractivity contribution in [2.24, 2.45) is 5.73 Å². The standard InChI is InChI=1S/C18H27N3O2/c19-16-8-4-5-9-17(16)20-15-10-12-21(13-11-15)23-18(22)14-6-2-1-3-7-14/h1-3,6-7,15-17,20H,4-5,8-13,19H2/t16-,17+/m1/s1. The first-order valence-corrected chi connectivity index (χ1v) is 8.76. The van der Waals surface area contributed by atoms with Crippen LogP contribution in [0.5, 0.6) is 0 Å². The van der Waals surface area contributed by atoms with E-state index in [4.69, 9.17) is 10.6 Å². The van der Waals surface area contributed by atoms with Crippen molar-refractivity contribution >= 4 is 5.97 Å². The van der Waals surface area contributed by atoms with E-state index in [9.17, 15) is 4.79 Å². The second-order valence-electron chi connectivity index (χ2n) is 6.67. The van der Waals surface area contributed by atoms with E-state index < -0.39 is 0 Å². The van der Waals surface area contributed by atoms with Gasteiger partial charge in [-0.1, -0.05) is 31.0 Å². The number of nitrogens with two attached hydrogens (primary N) is 1. The molecular weight excluding hydrogens is 290 g/mol. The summed E-state index contributed by atoms with van der Waals surface area (Å²) in [5, 5.41) is 5.51. The van der Waals surface area contributed by atoms with Crippen molar-refractivity contribution in [2.75, 3.05) is 13.1 Å². The summed E-state index contributed by atoms with van der Waals surface area (Å²) in [6, 6.07) is 10.4. The number of hydrogen-bond donors (Lipinski definition) is 2. The van der Waals surface area contributed by atoms with E-state index in [2.05, 4.69) is 5.32 Å². The Hall–Kier alpha value is -1.43. The first kappa shape index (κ1) is 16.4. The Kier molecular flexibility index (Phi) is 5.65. The third kappa shape index (κ3) is 4.53. The molecule has 126 valence electrons. The molecule has 1 aliphatic carbocycles. The van der Waals surface area contributed by atoms with E-state index in [1.165, 1.54) is 19.3 Å². The van der Waals surface area contributed by atoms with Gasteiger partial charge in [-0.25, -0.2) is 4.79 Å². The topological polar surface area (TPSA) is 67.6 Å². The van der Waals surface area contributed by atoms with Crippen LogP contribution in [0.15, 0.2) is 30.3 Å². The predicted octanol–water partition coefficient (Wildman–Crippen LogP) is 2.08. The van der Waals surface area contributed by atoms with Crippen LogP contribution in [0.1, 0.15) is 48.9 Å². The van der Waals surface area contributed by atoms with Crippen LogP contribution in [0.3, 0.4) is 0 Å². The van der Waals surface area contributed by atoms with E-state index in [1.807, 2.05) is 18.2 Å². The molecule has 1 aliphatic heterocycles. The monoisotopic (exact) mass is 317 g/mol. The zero-order valence-electron chi connectivity index (χ0n) is 13.6. The van der Waals surface area contributed by atoms with E-state index in [0.29, 0.717) is 17.6 Å². The van der Waals surface area contributed by atoms with Gasteiger partial charge in [0.15, 0.2) is 0 Å². The highest BCUT2D eigenvalue weighted by Crippen LogP contribution is 2.20. The molecule has 23 heavy (non-hydrogen) atoms. The summed E-state index contributed by atoms with van der Waals surface area (Å²) in [6.07, 6.45) is 6.83. The maximum Gasteiger partial charge on any atom is 0.357 e. The average Bonchev–Trinajstić information content (AvgIpc) is 2.59. The molecule has 5 nitrogen and oxygen atoms in total.